The number of imide groups is 2. The third-order valence-corrected chi connectivity index (χ3v) is 5.27. The van der Waals surface area contributed by atoms with Gasteiger partial charge in [-0.05, 0) is 58.2 Å². The van der Waals surface area contributed by atoms with Crippen LogP contribution in [0.25, 0.3) is 16.7 Å². The van der Waals surface area contributed by atoms with Gasteiger partial charge in [-0.3, -0.25) is 20.2 Å². The van der Waals surface area contributed by atoms with Gasteiger partial charge in [-0.25, -0.2) is 4.79 Å². The Kier molecular flexibility index (Phi) is 4.66. The number of barbiturate groups is 1. The third-order valence-electron chi connectivity index (χ3n) is 5.27. The molecule has 0 bridgehead atoms. The number of allylic oxidation sites excluding steroid dienone is 2. The molecule has 0 spiro atoms. The molecule has 1 saturated heterocycles. The lowest BCUT2D eigenvalue weighted by Gasteiger charge is -2.15. The zero-order valence-corrected chi connectivity index (χ0v) is 17.2. The number of nitrogens with zero attached hydrogens (tertiary/aromatic N) is 2. The van der Waals surface area contributed by atoms with E-state index in [0.717, 1.165) is 39.2 Å². The lowest BCUT2D eigenvalue weighted by Crippen LogP contribution is -2.51. The van der Waals surface area contributed by atoms with E-state index in [1.165, 1.54) is 6.08 Å². The predicted molar refractivity (Wildman–Crippen MR) is 117 cm³/mol. The van der Waals surface area contributed by atoms with E-state index >= 15 is 0 Å². The van der Waals surface area contributed by atoms with Gasteiger partial charge < -0.3 is 9.80 Å². The molecular formula is C23H22N4O3. The molecule has 1 aliphatic heterocycles. The fourth-order valence-corrected chi connectivity index (χ4v) is 3.65. The van der Waals surface area contributed by atoms with Gasteiger partial charge in [0.25, 0.3) is 11.8 Å². The van der Waals surface area contributed by atoms with E-state index in [-0.39, 0.29) is 5.57 Å². The molecule has 4 rings (SSSR count). The first-order chi connectivity index (χ1) is 14.3. The summed E-state index contributed by atoms with van der Waals surface area (Å²) in [5.74, 6) is -1.41. The Balaban J connectivity index is 1.87. The minimum atomic E-state index is -0.807. The maximum absolute atomic E-state index is 12.0. The van der Waals surface area contributed by atoms with Crippen molar-refractivity contribution in [2.75, 3.05) is 38.0 Å². The van der Waals surface area contributed by atoms with E-state index in [4.69, 9.17) is 0 Å². The summed E-state index contributed by atoms with van der Waals surface area (Å²) in [4.78, 5) is 39.5. The number of carbonyl (C=O) groups is 3. The Morgan fingerprint density at radius 1 is 0.633 bits per heavy atom. The van der Waals surface area contributed by atoms with Crippen LogP contribution in [0.4, 0.5) is 16.2 Å². The maximum atomic E-state index is 12.0. The molecule has 1 aliphatic carbocycles. The van der Waals surface area contributed by atoms with Crippen LogP contribution in [0.1, 0.15) is 11.1 Å². The average molecular weight is 402 g/mol. The second-order valence-corrected chi connectivity index (χ2v) is 7.65. The maximum Gasteiger partial charge on any atom is 0.328 e. The molecule has 4 amide bonds. The second-order valence-electron chi connectivity index (χ2n) is 7.65. The van der Waals surface area contributed by atoms with Crippen molar-refractivity contribution in [3.8, 4) is 11.1 Å². The lowest BCUT2D eigenvalue weighted by molar-refractivity contribution is -0.124. The highest BCUT2D eigenvalue weighted by Crippen LogP contribution is 2.46. The number of anilines is 2. The average Bonchev–Trinajstić information content (AvgIpc) is 2.99. The molecule has 7 nitrogen and oxygen atoms in total. The van der Waals surface area contributed by atoms with Gasteiger partial charge in [-0.1, -0.05) is 18.2 Å². The largest absolute Gasteiger partial charge is 0.378 e. The van der Waals surface area contributed by atoms with Gasteiger partial charge in [0.1, 0.15) is 5.57 Å². The molecule has 1 fully saturated rings. The molecule has 2 aliphatic rings. The minimum Gasteiger partial charge on any atom is -0.378 e. The molecule has 0 saturated carbocycles. The van der Waals surface area contributed by atoms with Crippen LogP contribution < -0.4 is 20.4 Å². The number of carbonyl (C=O) groups excluding carboxylic acids is 3. The van der Waals surface area contributed by atoms with Crippen LogP contribution in [0.2, 0.25) is 0 Å². The summed E-state index contributed by atoms with van der Waals surface area (Å²) in [5.41, 5.74) is 7.22. The third kappa shape index (κ3) is 3.24. The number of fused-ring (bicyclic) bond motifs is 3. The summed E-state index contributed by atoms with van der Waals surface area (Å²) in [6.45, 7) is 0. The quantitative estimate of drug-likeness (QED) is 0.520. The van der Waals surface area contributed by atoms with E-state index in [9.17, 15) is 14.4 Å². The van der Waals surface area contributed by atoms with E-state index in [1.807, 2.05) is 50.1 Å². The van der Waals surface area contributed by atoms with Gasteiger partial charge in [-0.2, -0.15) is 0 Å². The molecule has 0 atom stereocenters. The highest BCUT2D eigenvalue weighted by molar-refractivity contribution is 6.29. The molecule has 0 aromatic heterocycles. The van der Waals surface area contributed by atoms with Crippen LogP contribution in [0.3, 0.4) is 0 Å². The summed E-state index contributed by atoms with van der Waals surface area (Å²) in [6, 6.07) is 11.7. The summed E-state index contributed by atoms with van der Waals surface area (Å²) in [7, 11) is 7.99. The zero-order valence-electron chi connectivity index (χ0n) is 17.2. The van der Waals surface area contributed by atoms with Gasteiger partial charge >= 0.3 is 6.03 Å². The number of urea groups is 1. The Labute approximate surface area is 174 Å². The highest BCUT2D eigenvalue weighted by Gasteiger charge is 2.28. The fraction of sp³-hybridized carbons (Fsp3) is 0.174. The number of rotatable bonds is 3. The lowest BCUT2D eigenvalue weighted by atomic mass is 10.0. The van der Waals surface area contributed by atoms with Crippen LogP contribution in [0.5, 0.6) is 0 Å². The summed E-state index contributed by atoms with van der Waals surface area (Å²) in [5, 5.41) is 4.19. The first-order valence-corrected chi connectivity index (χ1v) is 9.49. The highest BCUT2D eigenvalue weighted by atomic mass is 16.2. The topological polar surface area (TPSA) is 81.8 Å². The smallest absolute Gasteiger partial charge is 0.328 e. The second kappa shape index (κ2) is 7.18. The number of benzene rings is 2. The van der Waals surface area contributed by atoms with Gasteiger partial charge in [-0.15, -0.1) is 0 Å². The Bertz CT molecular complexity index is 1080. The van der Waals surface area contributed by atoms with Gasteiger partial charge in [0.2, 0.25) is 0 Å². The molecule has 1 heterocycles. The van der Waals surface area contributed by atoms with Crippen LogP contribution in [-0.4, -0.2) is 46.0 Å². The van der Waals surface area contributed by atoms with Crippen LogP contribution in [-0.2, 0) is 9.59 Å². The number of hydrogen-bond donors (Lipinski definition) is 2. The van der Waals surface area contributed by atoms with E-state index in [2.05, 4.69) is 34.9 Å². The number of hydrogen-bond acceptors (Lipinski definition) is 5. The molecule has 30 heavy (non-hydrogen) atoms. The standard InChI is InChI=1S/C23H22N4O3/c1-26(2)13-5-7-16-15(9-10-18-21(28)24-23(30)25-22(18)29)17-8-6-14(27(3)4)12-20(17)19(16)11-13/h5-12H,1-4H3,(H2,24,25,28,29,30). The normalized spacial score (nSPS) is 14.6. The SMILES string of the molecule is CN(C)c1ccc2c(c1)-c1cc(N(C)C)ccc1C2=CC=C1C(=O)NC(=O)NC1=O. The summed E-state index contributed by atoms with van der Waals surface area (Å²) < 4.78 is 0. The monoisotopic (exact) mass is 402 g/mol. The van der Waals surface area contributed by atoms with E-state index < -0.39 is 17.8 Å². The number of amides is 4. The van der Waals surface area contributed by atoms with E-state index in [0.29, 0.717) is 0 Å². The molecular weight excluding hydrogens is 380 g/mol. The van der Waals surface area contributed by atoms with Crippen molar-refractivity contribution >= 4 is 34.8 Å². The summed E-state index contributed by atoms with van der Waals surface area (Å²) >= 11 is 0. The van der Waals surface area contributed by atoms with E-state index in [1.54, 1.807) is 6.08 Å². The van der Waals surface area contributed by atoms with Crippen LogP contribution in [0.15, 0.2) is 54.1 Å². The molecule has 0 radical (unpaired) electrons. The van der Waals surface area contributed by atoms with Crippen molar-refractivity contribution in [2.45, 2.75) is 0 Å². The van der Waals surface area contributed by atoms with Crippen molar-refractivity contribution < 1.29 is 14.4 Å². The fourth-order valence-electron chi connectivity index (χ4n) is 3.65. The first-order valence-electron chi connectivity index (χ1n) is 9.49. The molecule has 2 N–H and O–H groups in total. The minimum absolute atomic E-state index is 0.105. The Morgan fingerprint density at radius 3 is 1.50 bits per heavy atom. The van der Waals surface area contributed by atoms with Gasteiger partial charge in [0.15, 0.2) is 0 Å². The molecule has 0 unspecified atom stereocenters. The van der Waals surface area contributed by atoms with Crippen molar-refractivity contribution in [1.82, 2.24) is 10.6 Å². The first kappa shape index (κ1) is 19.4. The predicted octanol–water partition coefficient (Wildman–Crippen LogP) is 2.52. The van der Waals surface area contributed by atoms with Crippen molar-refractivity contribution in [2.24, 2.45) is 0 Å². The van der Waals surface area contributed by atoms with Crippen molar-refractivity contribution in [3.05, 3.63) is 65.3 Å². The molecule has 2 aromatic rings. The van der Waals surface area contributed by atoms with Crippen molar-refractivity contribution in [3.63, 3.8) is 0 Å². The van der Waals surface area contributed by atoms with Crippen molar-refractivity contribution in [1.29, 1.82) is 0 Å². The number of nitrogens with one attached hydrogen (secondary N) is 2. The molecule has 7 heteroatoms. The molecule has 2 aromatic carbocycles. The summed E-state index contributed by atoms with van der Waals surface area (Å²) in [6.07, 6.45) is 3.23. The van der Waals surface area contributed by atoms with Crippen LogP contribution >= 0.6 is 0 Å². The van der Waals surface area contributed by atoms with Crippen LogP contribution in [0, 0.1) is 0 Å². The van der Waals surface area contributed by atoms with Gasteiger partial charge in [0, 0.05) is 39.6 Å². The Hall–Kier alpha value is -3.87. The molecule has 152 valence electrons. The zero-order chi connectivity index (χ0) is 21.6. The Morgan fingerprint density at radius 2 is 1.07 bits per heavy atom. The van der Waals surface area contributed by atoms with Gasteiger partial charge in [0.05, 0.1) is 0 Å².